The Bertz CT molecular complexity index is 747. The Hall–Kier alpha value is -2.80. The monoisotopic (exact) mass is 356 g/mol. The number of pyridine rings is 1. The van der Waals surface area contributed by atoms with Crippen LogP contribution in [0.4, 0.5) is 16.2 Å². The lowest BCUT2D eigenvalue weighted by atomic mass is 10.1. The van der Waals surface area contributed by atoms with Gasteiger partial charge in [0.15, 0.2) is 0 Å². The minimum Gasteiger partial charge on any atom is -0.480 e. The highest BCUT2D eigenvalue weighted by atomic mass is 16.5. The number of morpholine rings is 1. The van der Waals surface area contributed by atoms with E-state index in [-0.39, 0.29) is 6.03 Å². The van der Waals surface area contributed by atoms with E-state index in [1.807, 2.05) is 12.1 Å². The summed E-state index contributed by atoms with van der Waals surface area (Å²) in [6.07, 6.45) is 1.62. The maximum Gasteiger partial charge on any atom is 0.322 e. The SMILES string of the molecule is COc1ncccc1NC(=O)N(C)Cc1ccccc1N1CCOCC1. The average Bonchev–Trinajstić information content (AvgIpc) is 2.69. The number of carbonyl (C=O) groups excluding carboxylic acids is 1. The summed E-state index contributed by atoms with van der Waals surface area (Å²) in [6.45, 7) is 3.68. The summed E-state index contributed by atoms with van der Waals surface area (Å²) in [7, 11) is 3.30. The Kier molecular flexibility index (Phi) is 5.91. The molecule has 0 aliphatic carbocycles. The van der Waals surface area contributed by atoms with Crippen LogP contribution in [-0.2, 0) is 11.3 Å². The van der Waals surface area contributed by atoms with E-state index < -0.39 is 0 Å². The van der Waals surface area contributed by atoms with Crippen LogP contribution in [0.25, 0.3) is 0 Å². The van der Waals surface area contributed by atoms with Crippen molar-refractivity contribution in [2.45, 2.75) is 6.54 Å². The van der Waals surface area contributed by atoms with Crippen LogP contribution in [0.5, 0.6) is 5.88 Å². The van der Waals surface area contributed by atoms with Gasteiger partial charge in [-0.2, -0.15) is 0 Å². The van der Waals surface area contributed by atoms with E-state index in [2.05, 4.69) is 27.3 Å². The Morgan fingerprint density at radius 1 is 1.27 bits per heavy atom. The number of nitrogens with one attached hydrogen (secondary N) is 1. The number of urea groups is 1. The molecule has 7 nitrogen and oxygen atoms in total. The predicted octanol–water partition coefficient (Wildman–Crippen LogP) is 2.59. The summed E-state index contributed by atoms with van der Waals surface area (Å²) in [5, 5.41) is 2.85. The Labute approximate surface area is 153 Å². The predicted molar refractivity (Wildman–Crippen MR) is 101 cm³/mol. The highest BCUT2D eigenvalue weighted by molar-refractivity contribution is 5.90. The molecule has 3 rings (SSSR count). The van der Waals surface area contributed by atoms with Crippen LogP contribution in [0.3, 0.4) is 0 Å². The van der Waals surface area contributed by atoms with Crippen molar-refractivity contribution in [1.82, 2.24) is 9.88 Å². The highest BCUT2D eigenvalue weighted by Crippen LogP contribution is 2.24. The van der Waals surface area contributed by atoms with E-state index in [9.17, 15) is 4.79 Å². The number of ether oxygens (including phenoxy) is 2. The second-order valence-electron chi connectivity index (χ2n) is 6.07. The minimum atomic E-state index is -0.215. The van der Waals surface area contributed by atoms with Gasteiger partial charge in [-0.05, 0) is 23.8 Å². The van der Waals surface area contributed by atoms with Gasteiger partial charge in [0.05, 0.1) is 20.3 Å². The molecule has 0 unspecified atom stereocenters. The summed E-state index contributed by atoms with van der Waals surface area (Å²) in [5.41, 5.74) is 2.80. The van der Waals surface area contributed by atoms with E-state index in [0.717, 1.165) is 37.6 Å². The van der Waals surface area contributed by atoms with Gasteiger partial charge in [-0.25, -0.2) is 9.78 Å². The van der Waals surface area contributed by atoms with Gasteiger partial charge in [-0.1, -0.05) is 18.2 Å². The molecule has 1 aromatic heterocycles. The summed E-state index contributed by atoms with van der Waals surface area (Å²) in [5.74, 6) is 0.392. The van der Waals surface area contributed by atoms with Crippen molar-refractivity contribution >= 4 is 17.4 Å². The number of rotatable bonds is 5. The lowest BCUT2D eigenvalue weighted by Crippen LogP contribution is -2.37. The molecule has 2 aromatic rings. The van der Waals surface area contributed by atoms with Crippen LogP contribution in [0.2, 0.25) is 0 Å². The number of para-hydroxylation sites is 1. The fourth-order valence-electron chi connectivity index (χ4n) is 2.94. The number of hydrogen-bond donors (Lipinski definition) is 1. The fourth-order valence-corrected chi connectivity index (χ4v) is 2.94. The fraction of sp³-hybridized carbons (Fsp3) is 0.368. The number of hydrogen-bond acceptors (Lipinski definition) is 5. The number of amides is 2. The largest absolute Gasteiger partial charge is 0.480 e. The van der Waals surface area contributed by atoms with Crippen molar-refractivity contribution in [3.05, 3.63) is 48.2 Å². The first-order valence-corrected chi connectivity index (χ1v) is 8.61. The molecule has 2 heterocycles. The van der Waals surface area contributed by atoms with E-state index in [1.165, 1.54) is 7.11 Å². The molecular formula is C19H24N4O3. The molecule has 0 saturated carbocycles. The van der Waals surface area contributed by atoms with Crippen LogP contribution >= 0.6 is 0 Å². The van der Waals surface area contributed by atoms with Crippen molar-refractivity contribution in [3.8, 4) is 5.88 Å². The number of anilines is 2. The molecular weight excluding hydrogens is 332 g/mol. The standard InChI is InChI=1S/C19H24N4O3/c1-22(19(24)21-16-7-5-9-20-18(16)25-2)14-15-6-3-4-8-17(15)23-10-12-26-13-11-23/h3-9H,10-14H2,1-2H3,(H,21,24). The number of benzene rings is 1. The summed E-state index contributed by atoms with van der Waals surface area (Å²) >= 11 is 0. The first kappa shape index (κ1) is 18.0. The van der Waals surface area contributed by atoms with Crippen LogP contribution in [-0.4, -0.2) is 56.4 Å². The van der Waals surface area contributed by atoms with Crippen LogP contribution in [0.15, 0.2) is 42.6 Å². The number of carbonyl (C=O) groups is 1. The van der Waals surface area contributed by atoms with Crippen molar-refractivity contribution in [2.24, 2.45) is 0 Å². The van der Waals surface area contributed by atoms with E-state index in [1.54, 1.807) is 30.3 Å². The molecule has 0 radical (unpaired) electrons. The van der Waals surface area contributed by atoms with Gasteiger partial charge in [-0.15, -0.1) is 0 Å². The third-order valence-electron chi connectivity index (χ3n) is 4.30. The Morgan fingerprint density at radius 3 is 2.81 bits per heavy atom. The molecule has 2 amide bonds. The first-order valence-electron chi connectivity index (χ1n) is 8.61. The highest BCUT2D eigenvalue weighted by Gasteiger charge is 2.17. The molecule has 0 atom stereocenters. The maximum absolute atomic E-state index is 12.6. The maximum atomic E-state index is 12.6. The summed E-state index contributed by atoms with van der Waals surface area (Å²) in [6, 6.07) is 11.5. The van der Waals surface area contributed by atoms with Gasteiger partial charge in [-0.3, -0.25) is 0 Å². The minimum absolute atomic E-state index is 0.215. The molecule has 1 aromatic carbocycles. The molecule has 7 heteroatoms. The van der Waals surface area contributed by atoms with Crippen molar-refractivity contribution < 1.29 is 14.3 Å². The van der Waals surface area contributed by atoms with Crippen molar-refractivity contribution in [1.29, 1.82) is 0 Å². The van der Waals surface area contributed by atoms with Crippen molar-refractivity contribution in [2.75, 3.05) is 50.7 Å². The summed E-state index contributed by atoms with van der Waals surface area (Å²) < 4.78 is 10.6. The number of aromatic nitrogens is 1. The molecule has 1 aliphatic rings. The van der Waals surface area contributed by atoms with Gasteiger partial charge >= 0.3 is 6.03 Å². The molecule has 1 saturated heterocycles. The zero-order valence-corrected chi connectivity index (χ0v) is 15.1. The second kappa shape index (κ2) is 8.53. The van der Waals surface area contributed by atoms with Crippen LogP contribution in [0.1, 0.15) is 5.56 Å². The lowest BCUT2D eigenvalue weighted by molar-refractivity contribution is 0.122. The molecule has 138 valence electrons. The Balaban J connectivity index is 1.69. The summed E-state index contributed by atoms with van der Waals surface area (Å²) in [4.78, 5) is 20.6. The van der Waals surface area contributed by atoms with Crippen LogP contribution in [0, 0.1) is 0 Å². The second-order valence-corrected chi connectivity index (χ2v) is 6.07. The molecule has 0 spiro atoms. The smallest absolute Gasteiger partial charge is 0.322 e. The first-order chi connectivity index (χ1) is 12.7. The number of nitrogens with zero attached hydrogens (tertiary/aromatic N) is 3. The van der Waals surface area contributed by atoms with Gasteiger partial charge in [0.2, 0.25) is 5.88 Å². The van der Waals surface area contributed by atoms with Crippen molar-refractivity contribution in [3.63, 3.8) is 0 Å². The van der Waals surface area contributed by atoms with Gasteiger partial charge < -0.3 is 24.6 Å². The van der Waals surface area contributed by atoms with Gasteiger partial charge in [0.1, 0.15) is 5.69 Å². The average molecular weight is 356 g/mol. The van der Waals surface area contributed by atoms with E-state index in [4.69, 9.17) is 9.47 Å². The third kappa shape index (κ3) is 4.23. The molecule has 1 N–H and O–H groups in total. The third-order valence-corrected chi connectivity index (χ3v) is 4.30. The Morgan fingerprint density at radius 2 is 2.04 bits per heavy atom. The normalized spacial score (nSPS) is 14.0. The van der Waals surface area contributed by atoms with Crippen LogP contribution < -0.4 is 15.0 Å². The van der Waals surface area contributed by atoms with Gasteiger partial charge in [0, 0.05) is 38.6 Å². The zero-order chi connectivity index (χ0) is 18.4. The molecule has 0 bridgehead atoms. The zero-order valence-electron chi connectivity index (χ0n) is 15.1. The molecule has 1 fully saturated rings. The van der Waals surface area contributed by atoms with Gasteiger partial charge in [0.25, 0.3) is 0 Å². The van der Waals surface area contributed by atoms with E-state index in [0.29, 0.717) is 18.1 Å². The lowest BCUT2D eigenvalue weighted by Gasteiger charge is -2.31. The molecule has 1 aliphatic heterocycles. The molecule has 26 heavy (non-hydrogen) atoms. The van der Waals surface area contributed by atoms with E-state index >= 15 is 0 Å². The number of methoxy groups -OCH3 is 1. The quantitative estimate of drug-likeness (QED) is 0.892. The topological polar surface area (TPSA) is 66.9 Å².